The van der Waals surface area contributed by atoms with Gasteiger partial charge in [0.2, 0.25) is 0 Å². The average Bonchev–Trinajstić information content (AvgIpc) is 3.15. The predicted octanol–water partition coefficient (Wildman–Crippen LogP) is 4.96. The van der Waals surface area contributed by atoms with Crippen LogP contribution in [0.5, 0.6) is 5.75 Å². The van der Waals surface area contributed by atoms with Gasteiger partial charge in [0.1, 0.15) is 18.1 Å². The molecule has 0 saturated carbocycles. The van der Waals surface area contributed by atoms with Crippen molar-refractivity contribution in [3.63, 3.8) is 0 Å². The van der Waals surface area contributed by atoms with E-state index in [1.54, 1.807) is 6.20 Å². The van der Waals surface area contributed by atoms with Crippen LogP contribution in [0.3, 0.4) is 0 Å². The molecule has 3 aromatic rings. The second-order valence-electron chi connectivity index (χ2n) is 6.52. The third-order valence-electron chi connectivity index (χ3n) is 4.26. The fourth-order valence-electron chi connectivity index (χ4n) is 2.88. The van der Waals surface area contributed by atoms with Crippen molar-refractivity contribution in [2.45, 2.75) is 32.3 Å². The van der Waals surface area contributed by atoms with Crippen LogP contribution in [0.25, 0.3) is 0 Å². The molecule has 0 saturated heterocycles. The molecule has 31 heavy (non-hydrogen) atoms. The summed E-state index contributed by atoms with van der Waals surface area (Å²) in [5.41, 5.74) is 7.67. The lowest BCUT2D eigenvalue weighted by Crippen LogP contribution is -2.23. The quantitative estimate of drug-likeness (QED) is 0.239. The van der Waals surface area contributed by atoms with Crippen molar-refractivity contribution >= 4 is 35.6 Å². The molecule has 0 aliphatic carbocycles. The van der Waals surface area contributed by atoms with E-state index in [1.165, 1.54) is 29.8 Å². The van der Waals surface area contributed by atoms with Crippen molar-refractivity contribution in [1.82, 2.24) is 9.55 Å². The molecular formula is C21H23F3IN5O. The maximum Gasteiger partial charge on any atom is 0.573 e. The maximum atomic E-state index is 12.2. The van der Waals surface area contributed by atoms with E-state index < -0.39 is 6.36 Å². The highest BCUT2D eigenvalue weighted by Crippen LogP contribution is 2.23. The molecule has 1 heterocycles. The summed E-state index contributed by atoms with van der Waals surface area (Å²) in [6.07, 6.45) is 0.838. The molecular weight excluding hydrogens is 522 g/mol. The number of halogens is 4. The lowest BCUT2D eigenvalue weighted by Gasteiger charge is -2.10. The Hall–Kier alpha value is -2.76. The van der Waals surface area contributed by atoms with E-state index in [0.29, 0.717) is 5.69 Å². The summed E-state index contributed by atoms with van der Waals surface area (Å²) < 4.78 is 42.5. The summed E-state index contributed by atoms with van der Waals surface area (Å²) in [4.78, 5) is 8.58. The number of hydrogen-bond acceptors (Lipinski definition) is 3. The van der Waals surface area contributed by atoms with Crippen molar-refractivity contribution in [2.24, 2.45) is 10.7 Å². The molecule has 0 unspecified atom stereocenters. The molecule has 0 spiro atoms. The first-order valence-corrected chi connectivity index (χ1v) is 9.36. The molecule has 2 aromatic carbocycles. The Bertz CT molecular complexity index is 959. The highest BCUT2D eigenvalue weighted by molar-refractivity contribution is 14.0. The van der Waals surface area contributed by atoms with Gasteiger partial charge in [0.25, 0.3) is 0 Å². The predicted molar refractivity (Wildman–Crippen MR) is 124 cm³/mol. The zero-order chi connectivity index (χ0) is 21.4. The SMILES string of the molecule is I.NC(=NCc1nccn1CCCc1ccccc1)Nc1ccc(OC(F)(F)F)cc1. The van der Waals surface area contributed by atoms with E-state index in [2.05, 4.69) is 32.2 Å². The van der Waals surface area contributed by atoms with Crippen LogP contribution in [0.4, 0.5) is 18.9 Å². The van der Waals surface area contributed by atoms with E-state index in [1.807, 2.05) is 29.0 Å². The second-order valence-corrected chi connectivity index (χ2v) is 6.52. The smallest absolute Gasteiger partial charge is 0.406 e. The third-order valence-corrected chi connectivity index (χ3v) is 4.26. The van der Waals surface area contributed by atoms with Gasteiger partial charge in [-0.2, -0.15) is 0 Å². The molecule has 10 heteroatoms. The van der Waals surface area contributed by atoms with E-state index in [4.69, 9.17) is 5.73 Å². The number of hydrogen-bond donors (Lipinski definition) is 2. The first-order valence-electron chi connectivity index (χ1n) is 9.36. The number of aryl methyl sites for hydroxylation is 2. The van der Waals surface area contributed by atoms with Crippen LogP contribution in [-0.4, -0.2) is 21.9 Å². The van der Waals surface area contributed by atoms with E-state index >= 15 is 0 Å². The van der Waals surface area contributed by atoms with Crippen molar-refractivity contribution < 1.29 is 17.9 Å². The summed E-state index contributed by atoms with van der Waals surface area (Å²) in [5, 5.41) is 2.83. The molecule has 3 N–H and O–H groups in total. The minimum Gasteiger partial charge on any atom is -0.406 e. The molecule has 166 valence electrons. The average molecular weight is 545 g/mol. The number of anilines is 1. The number of nitrogens with zero attached hydrogens (tertiary/aromatic N) is 3. The molecule has 0 fully saturated rings. The first kappa shape index (κ1) is 24.5. The topological polar surface area (TPSA) is 77.5 Å². The van der Waals surface area contributed by atoms with E-state index in [9.17, 15) is 13.2 Å². The highest BCUT2D eigenvalue weighted by Gasteiger charge is 2.30. The number of aromatic nitrogens is 2. The number of benzene rings is 2. The number of imidazole rings is 1. The van der Waals surface area contributed by atoms with Crippen LogP contribution in [0.15, 0.2) is 72.0 Å². The van der Waals surface area contributed by atoms with Gasteiger partial charge in [0.15, 0.2) is 5.96 Å². The van der Waals surface area contributed by atoms with Gasteiger partial charge in [-0.15, -0.1) is 37.1 Å². The fraction of sp³-hybridized carbons (Fsp3) is 0.238. The standard InChI is InChI=1S/C21H22F3N5O.HI/c22-21(23,24)30-18-10-8-17(9-11-18)28-20(25)27-15-19-26-12-14-29(19)13-4-7-16-5-2-1-3-6-16;/h1-3,5-6,8-12,14H,4,7,13,15H2,(H3,25,27,28);1H. The number of nitrogens with one attached hydrogen (secondary N) is 1. The Morgan fingerprint density at radius 1 is 1.10 bits per heavy atom. The van der Waals surface area contributed by atoms with Crippen LogP contribution < -0.4 is 15.8 Å². The van der Waals surface area contributed by atoms with E-state index in [-0.39, 0.29) is 42.2 Å². The lowest BCUT2D eigenvalue weighted by molar-refractivity contribution is -0.274. The van der Waals surface area contributed by atoms with Gasteiger partial charge < -0.3 is 20.4 Å². The number of nitrogens with two attached hydrogens (primary N) is 1. The Balaban J connectivity index is 0.00000341. The maximum absolute atomic E-state index is 12.2. The van der Waals surface area contributed by atoms with Gasteiger partial charge in [0, 0.05) is 24.6 Å². The second kappa shape index (κ2) is 11.6. The fourth-order valence-corrected chi connectivity index (χ4v) is 2.88. The van der Waals surface area contributed by atoms with Crippen molar-refractivity contribution in [3.05, 3.63) is 78.4 Å². The number of alkyl halides is 3. The Morgan fingerprint density at radius 2 is 1.81 bits per heavy atom. The first-order chi connectivity index (χ1) is 14.4. The van der Waals surface area contributed by atoms with Gasteiger partial charge in [-0.3, -0.25) is 0 Å². The zero-order valence-electron chi connectivity index (χ0n) is 16.5. The molecule has 1 aromatic heterocycles. The number of aliphatic imine (C=N–C) groups is 1. The van der Waals surface area contributed by atoms with Crippen LogP contribution in [0.2, 0.25) is 0 Å². The Kier molecular flexibility index (Phi) is 9.16. The summed E-state index contributed by atoms with van der Waals surface area (Å²) in [7, 11) is 0. The molecule has 0 radical (unpaired) electrons. The minimum atomic E-state index is -4.72. The molecule has 0 aliphatic rings. The van der Waals surface area contributed by atoms with E-state index in [0.717, 1.165) is 25.2 Å². The van der Waals surface area contributed by atoms with Crippen molar-refractivity contribution in [3.8, 4) is 5.75 Å². The molecule has 3 rings (SSSR count). The lowest BCUT2D eigenvalue weighted by atomic mass is 10.1. The molecule has 0 amide bonds. The normalized spacial score (nSPS) is 11.6. The summed E-state index contributed by atoms with van der Waals surface area (Å²) in [6, 6.07) is 15.5. The van der Waals surface area contributed by atoms with Gasteiger partial charge in [-0.05, 0) is 42.7 Å². The number of guanidine groups is 1. The highest BCUT2D eigenvalue weighted by atomic mass is 127. The number of rotatable bonds is 8. The van der Waals surface area contributed by atoms with Gasteiger partial charge in [-0.1, -0.05) is 30.3 Å². The van der Waals surface area contributed by atoms with Gasteiger partial charge >= 0.3 is 6.36 Å². The van der Waals surface area contributed by atoms with Crippen LogP contribution >= 0.6 is 24.0 Å². The molecule has 6 nitrogen and oxygen atoms in total. The monoisotopic (exact) mass is 545 g/mol. The van der Waals surface area contributed by atoms with Crippen LogP contribution in [0, 0.1) is 0 Å². The Morgan fingerprint density at radius 3 is 2.48 bits per heavy atom. The summed E-state index contributed by atoms with van der Waals surface area (Å²) in [5.74, 6) is 0.612. The third kappa shape index (κ3) is 8.48. The van der Waals surface area contributed by atoms with Crippen molar-refractivity contribution in [1.29, 1.82) is 0 Å². The Labute approximate surface area is 195 Å². The minimum absolute atomic E-state index is 0. The van der Waals surface area contributed by atoms with Gasteiger partial charge in [0.05, 0.1) is 0 Å². The van der Waals surface area contributed by atoms with Crippen molar-refractivity contribution in [2.75, 3.05) is 5.32 Å². The van der Waals surface area contributed by atoms with Crippen LogP contribution in [-0.2, 0) is 19.5 Å². The number of ether oxygens (including phenoxy) is 1. The van der Waals surface area contributed by atoms with Gasteiger partial charge in [-0.25, -0.2) is 9.98 Å². The molecule has 0 bridgehead atoms. The molecule has 0 aliphatic heterocycles. The summed E-state index contributed by atoms with van der Waals surface area (Å²) in [6.45, 7) is 1.10. The zero-order valence-corrected chi connectivity index (χ0v) is 18.9. The molecule has 0 atom stereocenters. The summed E-state index contributed by atoms with van der Waals surface area (Å²) >= 11 is 0. The largest absolute Gasteiger partial charge is 0.573 e. The van der Waals surface area contributed by atoms with Crippen LogP contribution in [0.1, 0.15) is 17.8 Å².